The van der Waals surface area contributed by atoms with Gasteiger partial charge < -0.3 is 20.6 Å². The normalized spacial score (nSPS) is 19.0. The van der Waals surface area contributed by atoms with Gasteiger partial charge in [0.2, 0.25) is 11.8 Å². The van der Waals surface area contributed by atoms with E-state index in [0.29, 0.717) is 6.54 Å². The number of aliphatic hydroxyl groups is 1. The molecule has 7 nitrogen and oxygen atoms in total. The quantitative estimate of drug-likeness (QED) is 0.404. The summed E-state index contributed by atoms with van der Waals surface area (Å²) in [4.78, 5) is 33.1. The Morgan fingerprint density at radius 2 is 1.97 bits per heavy atom. The molecule has 2 heterocycles. The Morgan fingerprint density at radius 3 is 2.52 bits per heavy atom. The maximum Gasteiger partial charge on any atom is 0.241 e. The van der Waals surface area contributed by atoms with Crippen molar-refractivity contribution in [2.45, 2.75) is 59.2 Å². The molecule has 0 aliphatic carbocycles. The molecule has 2 aromatic rings. The van der Waals surface area contributed by atoms with Crippen LogP contribution in [0, 0.1) is 18.9 Å². The van der Waals surface area contributed by atoms with Crippen molar-refractivity contribution in [2.75, 3.05) is 13.1 Å². The van der Waals surface area contributed by atoms with Gasteiger partial charge in [0.1, 0.15) is 6.04 Å². The van der Waals surface area contributed by atoms with Crippen LogP contribution in [0.2, 0.25) is 0 Å². The standard InChI is InChI=1S/C24H33N4O3S.Re/c1-6-25-21(24(3,4)5)23(31)28-13-18(29)11-19(28)22(30)26-12-16-7-9-17(10-8-16)20-15(2)27-14-32-20;/h7-10,12,14,18-19,21,25,29H,6,11,13H2,1-5H3,(H,26,30);/q-1;. The molecule has 1 fully saturated rings. The molecule has 3 N–H and O–H groups in total. The summed E-state index contributed by atoms with van der Waals surface area (Å²) in [6.07, 6.45) is -0.475. The van der Waals surface area contributed by atoms with Crippen molar-refractivity contribution in [3.05, 3.63) is 47.6 Å². The van der Waals surface area contributed by atoms with Crippen LogP contribution in [0.4, 0.5) is 0 Å². The van der Waals surface area contributed by atoms with Crippen molar-refractivity contribution in [2.24, 2.45) is 5.41 Å². The van der Waals surface area contributed by atoms with Crippen LogP contribution >= 0.6 is 11.3 Å². The molecular formula is C24H33N4O3ReS-. The smallest absolute Gasteiger partial charge is 0.241 e. The molecule has 1 radical (unpaired) electrons. The molecule has 0 saturated carbocycles. The summed E-state index contributed by atoms with van der Waals surface area (Å²) < 4.78 is 0. The van der Waals surface area contributed by atoms with Gasteiger partial charge in [-0.1, -0.05) is 34.2 Å². The van der Waals surface area contributed by atoms with E-state index < -0.39 is 18.2 Å². The number of likely N-dealkylation sites (tertiary alicyclic amines) is 1. The molecule has 1 aliphatic rings. The van der Waals surface area contributed by atoms with Crippen LogP contribution in [-0.4, -0.2) is 58.1 Å². The molecule has 0 spiro atoms. The number of aryl methyl sites for hydroxylation is 1. The Kier molecular flexibility index (Phi) is 9.65. The van der Waals surface area contributed by atoms with E-state index in [1.165, 1.54) is 4.90 Å². The number of hydrogen-bond donors (Lipinski definition) is 3. The number of aliphatic hydroxyl groups excluding tert-OH is 1. The molecule has 3 unspecified atom stereocenters. The molecular weight excluding hydrogens is 611 g/mol. The molecule has 3 rings (SSSR count). The van der Waals surface area contributed by atoms with Crippen LogP contribution in [0.25, 0.3) is 10.4 Å². The molecule has 1 aromatic carbocycles. The second kappa shape index (κ2) is 11.6. The maximum absolute atomic E-state index is 13.3. The number of amides is 2. The van der Waals surface area contributed by atoms with Gasteiger partial charge in [0.05, 0.1) is 28.2 Å². The third kappa shape index (κ3) is 6.65. The first-order valence-electron chi connectivity index (χ1n) is 11.0. The fourth-order valence-electron chi connectivity index (χ4n) is 4.00. The number of thiazole rings is 1. The number of nitrogens with zero attached hydrogens (tertiary/aromatic N) is 2. The van der Waals surface area contributed by atoms with Crippen LogP contribution in [0.3, 0.4) is 0 Å². The summed E-state index contributed by atoms with van der Waals surface area (Å²) in [5.74, 6) is -0.443. The van der Waals surface area contributed by atoms with E-state index in [9.17, 15) is 14.7 Å². The SMILES string of the molecule is CCNC(C(=O)N1CC(O)CC1C(=O)N[CH-]c1ccc(-c2scnc2C)cc1)C(C)(C)C.[Re]. The summed E-state index contributed by atoms with van der Waals surface area (Å²) in [5.41, 5.74) is 4.44. The number of likely N-dealkylation sites (N-methyl/N-ethyl adjacent to an activating group) is 1. The predicted molar refractivity (Wildman–Crippen MR) is 127 cm³/mol. The third-order valence-electron chi connectivity index (χ3n) is 5.69. The van der Waals surface area contributed by atoms with Gasteiger partial charge in [-0.2, -0.15) is 17.7 Å². The van der Waals surface area contributed by atoms with Gasteiger partial charge in [-0.25, -0.2) is 4.98 Å². The molecule has 1 aromatic heterocycles. The van der Waals surface area contributed by atoms with Gasteiger partial charge in [-0.3, -0.25) is 9.59 Å². The second-order valence-corrected chi connectivity index (χ2v) is 10.1. The first kappa shape index (κ1) is 27.5. The summed E-state index contributed by atoms with van der Waals surface area (Å²) >= 11 is 1.60. The van der Waals surface area contributed by atoms with E-state index in [4.69, 9.17) is 0 Å². The maximum atomic E-state index is 13.3. The van der Waals surface area contributed by atoms with Gasteiger partial charge in [-0.15, -0.1) is 23.5 Å². The predicted octanol–water partition coefficient (Wildman–Crippen LogP) is 2.73. The van der Waals surface area contributed by atoms with Crippen molar-refractivity contribution in [3.63, 3.8) is 0 Å². The van der Waals surface area contributed by atoms with Crippen LogP contribution in [0.5, 0.6) is 0 Å². The first-order valence-corrected chi connectivity index (χ1v) is 11.9. The number of β-amino-alcohol motifs (C(OH)–C–C–N with tert-alkyl or cyclic N) is 1. The minimum Gasteiger partial charge on any atom is -0.391 e. The van der Waals surface area contributed by atoms with E-state index in [2.05, 4.69) is 15.6 Å². The van der Waals surface area contributed by atoms with E-state index in [1.54, 1.807) is 17.9 Å². The zero-order valence-electron chi connectivity index (χ0n) is 19.8. The van der Waals surface area contributed by atoms with E-state index in [1.807, 2.05) is 64.4 Å². The third-order valence-corrected chi connectivity index (χ3v) is 6.66. The minimum absolute atomic E-state index is 0. The van der Waals surface area contributed by atoms with E-state index in [0.717, 1.165) is 21.7 Å². The first-order chi connectivity index (χ1) is 15.1. The summed E-state index contributed by atoms with van der Waals surface area (Å²) in [6.45, 7) is 12.4. The fraction of sp³-hybridized carbons (Fsp3) is 0.500. The Bertz CT molecular complexity index is 942. The van der Waals surface area contributed by atoms with Crippen molar-refractivity contribution in [1.82, 2.24) is 20.5 Å². The van der Waals surface area contributed by atoms with E-state index >= 15 is 0 Å². The molecule has 1 aliphatic heterocycles. The molecule has 1 saturated heterocycles. The second-order valence-electron chi connectivity index (χ2n) is 9.29. The van der Waals surface area contributed by atoms with Gasteiger partial charge in [0.15, 0.2) is 0 Å². The van der Waals surface area contributed by atoms with E-state index in [-0.39, 0.29) is 50.6 Å². The minimum atomic E-state index is -0.709. The Balaban J connectivity index is 0.00000385. The van der Waals surface area contributed by atoms with Crippen LogP contribution < -0.4 is 10.6 Å². The number of aromatic nitrogens is 1. The molecule has 181 valence electrons. The summed E-state index contributed by atoms with van der Waals surface area (Å²) in [7, 11) is 0. The molecule has 9 heteroatoms. The number of rotatable bonds is 7. The van der Waals surface area contributed by atoms with Crippen molar-refractivity contribution < 1.29 is 35.1 Å². The topological polar surface area (TPSA) is 94.6 Å². The molecule has 3 atom stereocenters. The summed E-state index contributed by atoms with van der Waals surface area (Å²) in [6, 6.07) is 6.73. The van der Waals surface area contributed by atoms with Crippen LogP contribution in [0.1, 0.15) is 45.4 Å². The van der Waals surface area contributed by atoms with Crippen molar-refractivity contribution in [1.29, 1.82) is 0 Å². The Hall–Kier alpha value is -1.76. The van der Waals surface area contributed by atoms with Gasteiger partial charge in [0, 0.05) is 33.4 Å². The van der Waals surface area contributed by atoms with Gasteiger partial charge in [0.25, 0.3) is 0 Å². The average Bonchev–Trinajstić information content (AvgIpc) is 3.35. The number of benzene rings is 1. The van der Waals surface area contributed by atoms with Gasteiger partial charge in [-0.05, 0) is 24.4 Å². The Labute approximate surface area is 214 Å². The monoisotopic (exact) mass is 644 g/mol. The molecule has 2 amide bonds. The molecule has 0 bridgehead atoms. The molecule has 33 heavy (non-hydrogen) atoms. The summed E-state index contributed by atoms with van der Waals surface area (Å²) in [5, 5.41) is 16.3. The number of carbonyl (C=O) groups excluding carboxylic acids is 2. The Morgan fingerprint density at radius 1 is 1.30 bits per heavy atom. The van der Waals surface area contributed by atoms with Gasteiger partial charge >= 0.3 is 0 Å². The zero-order chi connectivity index (χ0) is 23.5. The van der Waals surface area contributed by atoms with Crippen LogP contribution in [0.15, 0.2) is 29.8 Å². The van der Waals surface area contributed by atoms with Crippen molar-refractivity contribution in [3.8, 4) is 10.4 Å². The largest absolute Gasteiger partial charge is 0.391 e. The fourth-order valence-corrected chi connectivity index (χ4v) is 4.81. The number of carbonyl (C=O) groups is 2. The van der Waals surface area contributed by atoms with Crippen LogP contribution in [-0.2, 0) is 30.0 Å². The average molecular weight is 644 g/mol. The number of nitrogens with one attached hydrogen (secondary N) is 2. The van der Waals surface area contributed by atoms with Crippen molar-refractivity contribution >= 4 is 23.2 Å². The zero-order valence-corrected chi connectivity index (χ0v) is 23.3. The number of hydrogen-bond acceptors (Lipinski definition) is 6.